The Morgan fingerprint density at radius 2 is 2.26 bits per heavy atom. The first-order valence-corrected chi connectivity index (χ1v) is 8.30. The van der Waals surface area contributed by atoms with Crippen LogP contribution in [0.5, 0.6) is 5.75 Å². The maximum atomic E-state index is 12.8. The van der Waals surface area contributed by atoms with Crippen LogP contribution in [0.25, 0.3) is 10.9 Å². The number of fused-ring (bicyclic) bond motifs is 2. The summed E-state index contributed by atoms with van der Waals surface area (Å²) in [6.45, 7) is 1.77. The van der Waals surface area contributed by atoms with Crippen LogP contribution >= 0.6 is 0 Å². The first kappa shape index (κ1) is 14.6. The lowest BCUT2D eigenvalue weighted by atomic mass is 10.1. The van der Waals surface area contributed by atoms with Crippen LogP contribution in [0.1, 0.15) is 19.3 Å². The van der Waals surface area contributed by atoms with E-state index in [1.165, 1.54) is 0 Å². The van der Waals surface area contributed by atoms with Crippen LogP contribution in [0, 0.1) is 0 Å². The molecular weight excluding hydrogens is 292 g/mol. The first-order chi connectivity index (χ1) is 11.3. The molecule has 23 heavy (non-hydrogen) atoms. The molecule has 1 aliphatic heterocycles. The lowest BCUT2D eigenvalue weighted by molar-refractivity contribution is -0.144. The van der Waals surface area contributed by atoms with Crippen LogP contribution in [-0.2, 0) is 16.1 Å². The van der Waals surface area contributed by atoms with Crippen LogP contribution in [0.3, 0.4) is 0 Å². The summed E-state index contributed by atoms with van der Waals surface area (Å²) in [5.74, 6) is 1.03. The summed E-state index contributed by atoms with van der Waals surface area (Å²) in [6.07, 6.45) is 5.54. The van der Waals surface area contributed by atoms with Gasteiger partial charge in [0.05, 0.1) is 25.9 Å². The summed E-state index contributed by atoms with van der Waals surface area (Å²) < 4.78 is 13.1. The van der Waals surface area contributed by atoms with Gasteiger partial charge in [0.2, 0.25) is 5.91 Å². The highest BCUT2D eigenvalue weighted by Gasteiger charge is 2.38. The Balaban J connectivity index is 1.54. The van der Waals surface area contributed by atoms with E-state index < -0.39 is 0 Å². The van der Waals surface area contributed by atoms with Gasteiger partial charge in [-0.15, -0.1) is 0 Å². The van der Waals surface area contributed by atoms with Crippen molar-refractivity contribution in [1.82, 2.24) is 9.47 Å². The largest absolute Gasteiger partial charge is 0.497 e. The second-order valence-corrected chi connectivity index (χ2v) is 6.36. The molecule has 1 aliphatic carbocycles. The minimum atomic E-state index is 0.193. The van der Waals surface area contributed by atoms with Gasteiger partial charge in [-0.25, -0.2) is 0 Å². The number of carbonyl (C=O) groups excluding carboxylic acids is 1. The van der Waals surface area contributed by atoms with Crippen molar-refractivity contribution >= 4 is 16.8 Å². The van der Waals surface area contributed by atoms with Gasteiger partial charge in [-0.2, -0.15) is 0 Å². The number of amides is 1. The minimum Gasteiger partial charge on any atom is -0.497 e. The summed E-state index contributed by atoms with van der Waals surface area (Å²) in [5.41, 5.74) is 1.07. The lowest BCUT2D eigenvalue weighted by Gasteiger charge is -2.37. The fraction of sp³-hybridized carbons (Fsp3) is 0.500. The second kappa shape index (κ2) is 5.89. The molecule has 2 heterocycles. The number of methoxy groups -OCH3 is 1. The Morgan fingerprint density at radius 3 is 3.13 bits per heavy atom. The molecule has 5 nitrogen and oxygen atoms in total. The summed E-state index contributed by atoms with van der Waals surface area (Å²) >= 11 is 0. The van der Waals surface area contributed by atoms with Crippen LogP contribution in [0.2, 0.25) is 0 Å². The zero-order chi connectivity index (χ0) is 15.8. The third-order valence-electron chi connectivity index (χ3n) is 5.09. The standard InChI is InChI=1S/C18H22N2O3/c1-22-14-5-6-15-13(11-14)7-8-19(15)12-18(21)20-9-10-23-17-4-2-3-16(17)20/h5-8,11,16-17H,2-4,9-10,12H2,1H3/t16-,17+/m0/s1. The van der Waals surface area contributed by atoms with Crippen LogP contribution < -0.4 is 4.74 Å². The number of rotatable bonds is 3. The summed E-state index contributed by atoms with van der Waals surface area (Å²) in [4.78, 5) is 14.8. The lowest BCUT2D eigenvalue weighted by Crippen LogP contribution is -2.52. The number of morpholine rings is 1. The molecule has 2 atom stereocenters. The third kappa shape index (κ3) is 2.59. The molecule has 2 aliphatic rings. The molecule has 122 valence electrons. The van der Waals surface area contributed by atoms with E-state index in [1.54, 1.807) is 7.11 Å². The predicted octanol–water partition coefficient (Wildman–Crippen LogP) is 2.43. The van der Waals surface area contributed by atoms with E-state index in [4.69, 9.17) is 9.47 Å². The monoisotopic (exact) mass is 314 g/mol. The van der Waals surface area contributed by atoms with Crippen molar-refractivity contribution in [2.24, 2.45) is 0 Å². The Hall–Kier alpha value is -2.01. The third-order valence-corrected chi connectivity index (χ3v) is 5.09. The second-order valence-electron chi connectivity index (χ2n) is 6.36. The van der Waals surface area contributed by atoms with Crippen molar-refractivity contribution in [1.29, 1.82) is 0 Å². The quantitative estimate of drug-likeness (QED) is 0.874. The molecular formula is C18H22N2O3. The fourth-order valence-electron chi connectivity index (χ4n) is 3.91. The summed E-state index contributed by atoms with van der Waals surface area (Å²) in [5, 5.41) is 1.10. The molecule has 0 spiro atoms. The highest BCUT2D eigenvalue weighted by molar-refractivity contribution is 5.84. The number of nitrogens with zero attached hydrogens (tertiary/aromatic N) is 2. The van der Waals surface area contributed by atoms with Crippen LogP contribution in [0.15, 0.2) is 30.5 Å². The average molecular weight is 314 g/mol. The van der Waals surface area contributed by atoms with Crippen molar-refractivity contribution in [2.75, 3.05) is 20.3 Å². The Bertz CT molecular complexity index is 724. The molecule has 1 aromatic carbocycles. The molecule has 1 aromatic heterocycles. The average Bonchev–Trinajstić information content (AvgIpc) is 3.21. The van der Waals surface area contributed by atoms with E-state index in [-0.39, 0.29) is 18.1 Å². The molecule has 1 amide bonds. The maximum absolute atomic E-state index is 12.8. The zero-order valence-corrected chi connectivity index (χ0v) is 13.4. The van der Waals surface area contributed by atoms with Gasteiger partial charge in [-0.05, 0) is 43.5 Å². The number of aromatic nitrogens is 1. The smallest absolute Gasteiger partial charge is 0.242 e. The number of benzene rings is 1. The topological polar surface area (TPSA) is 43.7 Å². The molecule has 5 heteroatoms. The molecule has 0 bridgehead atoms. The van der Waals surface area contributed by atoms with Crippen LogP contribution in [0.4, 0.5) is 0 Å². The molecule has 1 saturated heterocycles. The van der Waals surface area contributed by atoms with E-state index in [2.05, 4.69) is 0 Å². The molecule has 1 saturated carbocycles. The van der Waals surface area contributed by atoms with Gasteiger partial charge >= 0.3 is 0 Å². The normalized spacial score (nSPS) is 24.0. The summed E-state index contributed by atoms with van der Waals surface area (Å²) in [7, 11) is 1.66. The van der Waals surface area contributed by atoms with Crippen molar-refractivity contribution in [2.45, 2.75) is 38.0 Å². The Kier molecular flexibility index (Phi) is 3.73. The number of ether oxygens (including phenoxy) is 2. The number of hydrogen-bond acceptors (Lipinski definition) is 3. The van der Waals surface area contributed by atoms with Crippen molar-refractivity contribution < 1.29 is 14.3 Å². The van der Waals surface area contributed by atoms with Crippen LogP contribution in [-0.4, -0.2) is 47.8 Å². The molecule has 0 unspecified atom stereocenters. The maximum Gasteiger partial charge on any atom is 0.242 e. The van der Waals surface area contributed by atoms with Gasteiger partial charge in [0, 0.05) is 23.6 Å². The highest BCUT2D eigenvalue weighted by Crippen LogP contribution is 2.30. The fourth-order valence-corrected chi connectivity index (χ4v) is 3.91. The number of hydrogen-bond donors (Lipinski definition) is 0. The molecule has 2 fully saturated rings. The van der Waals surface area contributed by atoms with Crippen molar-refractivity contribution in [3.63, 3.8) is 0 Å². The summed E-state index contributed by atoms with van der Waals surface area (Å²) in [6, 6.07) is 8.25. The van der Waals surface area contributed by atoms with Gasteiger partial charge in [0.1, 0.15) is 12.3 Å². The van der Waals surface area contributed by atoms with E-state index in [0.29, 0.717) is 19.7 Å². The highest BCUT2D eigenvalue weighted by atomic mass is 16.5. The molecule has 0 N–H and O–H groups in total. The van der Waals surface area contributed by atoms with Gasteiger partial charge in [0.15, 0.2) is 0 Å². The zero-order valence-electron chi connectivity index (χ0n) is 13.4. The first-order valence-electron chi connectivity index (χ1n) is 8.30. The van der Waals surface area contributed by atoms with Crippen molar-refractivity contribution in [3.05, 3.63) is 30.5 Å². The van der Waals surface area contributed by atoms with E-state index >= 15 is 0 Å². The van der Waals surface area contributed by atoms with Gasteiger partial charge in [-0.3, -0.25) is 4.79 Å². The van der Waals surface area contributed by atoms with E-state index in [1.807, 2.05) is 39.9 Å². The molecule has 4 rings (SSSR count). The SMILES string of the molecule is COc1ccc2c(ccn2CC(=O)N2CCO[C@@H]3CCC[C@@H]32)c1. The molecule has 0 radical (unpaired) electrons. The Labute approximate surface area is 135 Å². The van der Waals surface area contributed by atoms with Gasteiger partial charge in [-0.1, -0.05) is 0 Å². The van der Waals surface area contributed by atoms with E-state index in [0.717, 1.165) is 35.9 Å². The predicted molar refractivity (Wildman–Crippen MR) is 87.6 cm³/mol. The van der Waals surface area contributed by atoms with Gasteiger partial charge in [0.25, 0.3) is 0 Å². The van der Waals surface area contributed by atoms with E-state index in [9.17, 15) is 4.79 Å². The molecule has 2 aromatic rings. The number of carbonyl (C=O) groups is 1. The van der Waals surface area contributed by atoms with Gasteiger partial charge < -0.3 is 18.9 Å². The van der Waals surface area contributed by atoms with Crippen molar-refractivity contribution in [3.8, 4) is 5.75 Å². The Morgan fingerprint density at radius 1 is 1.35 bits per heavy atom. The minimum absolute atomic E-state index is 0.193.